The standard InChI is InChI=1S/C15H17N3O2S/c1-9-3-4-11-10(7-9)13(16)14(21-11)15(20)18-6-5-17(2)12(19)8-18/h3-4,7H,5-6,8,16H2,1-2H3. The first-order valence-corrected chi connectivity index (χ1v) is 7.61. The van der Waals surface area contributed by atoms with Gasteiger partial charge in [0.05, 0.1) is 5.69 Å². The van der Waals surface area contributed by atoms with Crippen LogP contribution in [0, 0.1) is 6.92 Å². The van der Waals surface area contributed by atoms with Crippen LogP contribution in [0.5, 0.6) is 0 Å². The molecule has 1 fully saturated rings. The van der Waals surface area contributed by atoms with E-state index in [1.165, 1.54) is 11.3 Å². The Morgan fingerprint density at radius 1 is 1.33 bits per heavy atom. The average molecular weight is 303 g/mol. The van der Waals surface area contributed by atoms with E-state index >= 15 is 0 Å². The van der Waals surface area contributed by atoms with E-state index < -0.39 is 0 Å². The molecule has 1 saturated heterocycles. The number of thiophene rings is 1. The Morgan fingerprint density at radius 2 is 2.10 bits per heavy atom. The van der Waals surface area contributed by atoms with Crippen LogP contribution in [0.4, 0.5) is 5.69 Å². The molecule has 1 aliphatic rings. The number of nitrogens with two attached hydrogens (primary N) is 1. The van der Waals surface area contributed by atoms with Crippen LogP contribution in [0.2, 0.25) is 0 Å². The molecule has 21 heavy (non-hydrogen) atoms. The van der Waals surface area contributed by atoms with Crippen molar-refractivity contribution in [2.45, 2.75) is 6.92 Å². The maximum absolute atomic E-state index is 12.6. The highest BCUT2D eigenvalue weighted by atomic mass is 32.1. The Kier molecular flexibility index (Phi) is 3.33. The lowest BCUT2D eigenvalue weighted by atomic mass is 10.1. The molecule has 0 unspecified atom stereocenters. The summed E-state index contributed by atoms with van der Waals surface area (Å²) in [6.45, 7) is 3.24. The molecule has 2 aromatic rings. The van der Waals surface area contributed by atoms with Gasteiger partial charge in [-0.1, -0.05) is 11.6 Å². The summed E-state index contributed by atoms with van der Waals surface area (Å²) in [4.78, 5) is 28.1. The van der Waals surface area contributed by atoms with Crippen molar-refractivity contribution in [3.8, 4) is 0 Å². The molecule has 0 bridgehead atoms. The van der Waals surface area contributed by atoms with Crippen molar-refractivity contribution < 1.29 is 9.59 Å². The number of likely N-dealkylation sites (N-methyl/N-ethyl adjacent to an activating group) is 1. The van der Waals surface area contributed by atoms with Gasteiger partial charge in [0, 0.05) is 30.2 Å². The van der Waals surface area contributed by atoms with Crippen LogP contribution in [-0.4, -0.2) is 48.3 Å². The largest absolute Gasteiger partial charge is 0.397 e. The van der Waals surface area contributed by atoms with Gasteiger partial charge < -0.3 is 15.5 Å². The number of benzene rings is 1. The van der Waals surface area contributed by atoms with Crippen molar-refractivity contribution in [2.75, 3.05) is 32.4 Å². The third kappa shape index (κ3) is 2.35. The molecule has 2 heterocycles. The van der Waals surface area contributed by atoms with Crippen LogP contribution < -0.4 is 5.73 Å². The number of hydrogen-bond acceptors (Lipinski definition) is 4. The number of fused-ring (bicyclic) bond motifs is 1. The number of hydrogen-bond donors (Lipinski definition) is 1. The van der Waals surface area contributed by atoms with Crippen LogP contribution in [0.25, 0.3) is 10.1 Å². The third-order valence-electron chi connectivity index (χ3n) is 3.82. The molecular weight excluding hydrogens is 286 g/mol. The Balaban J connectivity index is 1.95. The zero-order valence-corrected chi connectivity index (χ0v) is 12.9. The molecule has 5 nitrogen and oxygen atoms in total. The zero-order chi connectivity index (χ0) is 15.1. The van der Waals surface area contributed by atoms with Gasteiger partial charge in [0.1, 0.15) is 11.4 Å². The molecule has 0 spiro atoms. The molecule has 1 aliphatic heterocycles. The Labute approximate surface area is 126 Å². The summed E-state index contributed by atoms with van der Waals surface area (Å²) in [6, 6.07) is 5.98. The molecule has 1 aromatic heterocycles. The minimum absolute atomic E-state index is 0.0369. The zero-order valence-electron chi connectivity index (χ0n) is 12.0. The van der Waals surface area contributed by atoms with Gasteiger partial charge in [-0.05, 0) is 19.1 Å². The first kappa shape index (κ1) is 13.9. The molecule has 1 aromatic carbocycles. The molecule has 110 valence electrons. The quantitative estimate of drug-likeness (QED) is 0.872. The highest BCUT2D eigenvalue weighted by Crippen LogP contribution is 2.35. The number of piperazine rings is 1. The second-order valence-corrected chi connectivity index (χ2v) is 6.44. The van der Waals surface area contributed by atoms with E-state index in [0.717, 1.165) is 15.6 Å². The van der Waals surface area contributed by atoms with Gasteiger partial charge >= 0.3 is 0 Å². The molecule has 2 amide bonds. The number of carbonyl (C=O) groups excluding carboxylic acids is 2. The Bertz CT molecular complexity index is 738. The SMILES string of the molecule is Cc1ccc2sc(C(=O)N3CCN(C)C(=O)C3)c(N)c2c1. The lowest BCUT2D eigenvalue weighted by Gasteiger charge is -2.31. The fourth-order valence-corrected chi connectivity index (χ4v) is 3.54. The van der Waals surface area contributed by atoms with Crippen LogP contribution in [0.15, 0.2) is 18.2 Å². The molecule has 0 aliphatic carbocycles. The van der Waals surface area contributed by atoms with E-state index in [0.29, 0.717) is 23.7 Å². The summed E-state index contributed by atoms with van der Waals surface area (Å²) in [6.07, 6.45) is 0. The van der Waals surface area contributed by atoms with E-state index in [4.69, 9.17) is 5.73 Å². The number of amides is 2. The molecule has 6 heteroatoms. The predicted molar refractivity (Wildman–Crippen MR) is 84.5 cm³/mol. The predicted octanol–water partition coefficient (Wildman–Crippen LogP) is 1.71. The summed E-state index contributed by atoms with van der Waals surface area (Å²) >= 11 is 1.40. The topological polar surface area (TPSA) is 66.6 Å². The maximum atomic E-state index is 12.6. The fraction of sp³-hybridized carbons (Fsp3) is 0.333. The number of rotatable bonds is 1. The van der Waals surface area contributed by atoms with E-state index in [9.17, 15) is 9.59 Å². The lowest BCUT2D eigenvalue weighted by Crippen LogP contribution is -2.50. The van der Waals surface area contributed by atoms with Crippen LogP contribution in [0.3, 0.4) is 0 Å². The first-order valence-electron chi connectivity index (χ1n) is 6.79. The number of carbonyl (C=O) groups is 2. The molecule has 2 N–H and O–H groups in total. The summed E-state index contributed by atoms with van der Waals surface area (Å²) in [5, 5.41) is 0.920. The van der Waals surface area contributed by atoms with E-state index in [-0.39, 0.29) is 18.4 Å². The van der Waals surface area contributed by atoms with Gasteiger partial charge in [0.2, 0.25) is 5.91 Å². The van der Waals surface area contributed by atoms with Crippen LogP contribution in [0.1, 0.15) is 15.2 Å². The second kappa shape index (κ2) is 5.04. The number of anilines is 1. The number of nitrogen functional groups attached to an aromatic ring is 1. The van der Waals surface area contributed by atoms with E-state index in [1.807, 2.05) is 25.1 Å². The molecular formula is C15H17N3O2S. The van der Waals surface area contributed by atoms with Crippen molar-refractivity contribution in [3.63, 3.8) is 0 Å². The smallest absolute Gasteiger partial charge is 0.266 e. The summed E-state index contributed by atoms with van der Waals surface area (Å²) < 4.78 is 1.00. The van der Waals surface area contributed by atoms with Crippen LogP contribution >= 0.6 is 11.3 Å². The van der Waals surface area contributed by atoms with Crippen molar-refractivity contribution in [2.24, 2.45) is 0 Å². The van der Waals surface area contributed by atoms with E-state index in [1.54, 1.807) is 16.8 Å². The number of aryl methyl sites for hydroxylation is 1. The minimum Gasteiger partial charge on any atom is -0.397 e. The Morgan fingerprint density at radius 3 is 2.81 bits per heavy atom. The van der Waals surface area contributed by atoms with Gasteiger partial charge in [-0.2, -0.15) is 0 Å². The average Bonchev–Trinajstić information content (AvgIpc) is 2.78. The number of nitrogens with zero attached hydrogens (tertiary/aromatic N) is 2. The normalized spacial score (nSPS) is 15.8. The van der Waals surface area contributed by atoms with Crippen molar-refractivity contribution >= 4 is 38.9 Å². The van der Waals surface area contributed by atoms with Gasteiger partial charge in [0.15, 0.2) is 0 Å². The second-order valence-electron chi connectivity index (χ2n) is 5.39. The molecule has 0 radical (unpaired) electrons. The first-order chi connectivity index (χ1) is 9.97. The van der Waals surface area contributed by atoms with Gasteiger partial charge in [-0.3, -0.25) is 9.59 Å². The van der Waals surface area contributed by atoms with Crippen molar-refractivity contribution in [1.82, 2.24) is 9.80 Å². The van der Waals surface area contributed by atoms with Crippen molar-refractivity contribution in [3.05, 3.63) is 28.6 Å². The highest BCUT2D eigenvalue weighted by Gasteiger charge is 2.28. The van der Waals surface area contributed by atoms with Gasteiger partial charge in [-0.15, -0.1) is 11.3 Å². The third-order valence-corrected chi connectivity index (χ3v) is 5.00. The van der Waals surface area contributed by atoms with Crippen LogP contribution in [-0.2, 0) is 4.79 Å². The summed E-state index contributed by atoms with van der Waals surface area (Å²) in [5.41, 5.74) is 7.78. The van der Waals surface area contributed by atoms with Gasteiger partial charge in [0.25, 0.3) is 5.91 Å². The van der Waals surface area contributed by atoms with Gasteiger partial charge in [-0.25, -0.2) is 0 Å². The molecule has 3 rings (SSSR count). The van der Waals surface area contributed by atoms with E-state index in [2.05, 4.69) is 0 Å². The minimum atomic E-state index is -0.146. The summed E-state index contributed by atoms with van der Waals surface area (Å²) in [5.74, 6) is -0.182. The van der Waals surface area contributed by atoms with Crippen molar-refractivity contribution in [1.29, 1.82) is 0 Å². The monoisotopic (exact) mass is 303 g/mol. The molecule has 0 atom stereocenters. The molecule has 0 saturated carbocycles. The Hall–Kier alpha value is -2.08. The highest BCUT2D eigenvalue weighted by molar-refractivity contribution is 7.21. The fourth-order valence-electron chi connectivity index (χ4n) is 2.46. The lowest BCUT2D eigenvalue weighted by molar-refractivity contribution is -0.133. The summed E-state index contributed by atoms with van der Waals surface area (Å²) in [7, 11) is 1.75. The maximum Gasteiger partial charge on any atom is 0.266 e.